The molecule has 1 fully saturated rings. The van der Waals surface area contributed by atoms with E-state index < -0.39 is 0 Å². The second-order valence-electron chi connectivity index (χ2n) is 6.27. The monoisotopic (exact) mass is 345 g/mol. The van der Waals surface area contributed by atoms with Crippen molar-refractivity contribution in [3.8, 4) is 0 Å². The lowest BCUT2D eigenvalue weighted by Gasteiger charge is -2.30. The van der Waals surface area contributed by atoms with Crippen LogP contribution in [0.4, 0.5) is 0 Å². The van der Waals surface area contributed by atoms with Crippen LogP contribution in [0.5, 0.6) is 0 Å². The maximum atomic E-state index is 12.3. The van der Waals surface area contributed by atoms with E-state index in [1.807, 2.05) is 19.1 Å². The summed E-state index contributed by atoms with van der Waals surface area (Å²) in [7, 11) is 0. The molecular weight excluding hydrogens is 322 g/mol. The van der Waals surface area contributed by atoms with E-state index >= 15 is 0 Å². The number of amides is 1. The predicted octanol–water partition coefficient (Wildman–Crippen LogP) is 2.34. The number of nitrogens with zero attached hydrogens (tertiary/aromatic N) is 2. The van der Waals surface area contributed by atoms with Crippen molar-refractivity contribution in [3.63, 3.8) is 0 Å². The molecule has 2 aromatic rings. The Hall–Kier alpha value is -1.76. The Morgan fingerprint density at radius 2 is 2.04 bits per heavy atom. The van der Waals surface area contributed by atoms with E-state index in [9.17, 15) is 9.90 Å². The van der Waals surface area contributed by atoms with Crippen molar-refractivity contribution in [2.75, 3.05) is 13.1 Å². The van der Waals surface area contributed by atoms with Crippen molar-refractivity contribution in [1.82, 2.24) is 14.6 Å². The number of aryl methyl sites for hydroxylation is 1. The third-order valence-corrected chi connectivity index (χ3v) is 5.22. The molecule has 1 aromatic heterocycles. The van der Waals surface area contributed by atoms with Gasteiger partial charge in [0.1, 0.15) is 0 Å². The molecule has 2 N–H and O–H groups in total. The molecule has 1 aliphatic heterocycles. The highest BCUT2D eigenvalue weighted by molar-refractivity contribution is 7.03. The lowest BCUT2D eigenvalue weighted by molar-refractivity contribution is 0.0790. The lowest BCUT2D eigenvalue weighted by Crippen LogP contribution is -2.35. The van der Waals surface area contributed by atoms with Crippen LogP contribution < -0.4 is 5.32 Å². The topological polar surface area (TPSA) is 65.5 Å². The number of piperidine rings is 1. The first-order valence-electron chi connectivity index (χ1n) is 8.30. The number of aliphatic hydroxyl groups excluding tert-OH is 1. The van der Waals surface area contributed by atoms with Crippen LogP contribution in [0.25, 0.3) is 0 Å². The number of likely N-dealkylation sites (tertiary alicyclic amines) is 1. The number of carbonyl (C=O) groups excluding carboxylic acids is 1. The van der Waals surface area contributed by atoms with Crippen LogP contribution in [-0.2, 0) is 13.1 Å². The highest BCUT2D eigenvalue weighted by Gasteiger charge is 2.18. The lowest BCUT2D eigenvalue weighted by atomic mass is 10.0. The Balaban J connectivity index is 1.62. The minimum atomic E-state index is -0.154. The van der Waals surface area contributed by atoms with Gasteiger partial charge in [0.15, 0.2) is 0 Å². The Bertz CT molecular complexity index is 693. The minimum Gasteiger partial charge on any atom is -0.393 e. The molecule has 1 amide bonds. The van der Waals surface area contributed by atoms with Gasteiger partial charge in [0.05, 0.1) is 17.4 Å². The smallest absolute Gasteiger partial charge is 0.254 e. The second-order valence-corrected chi connectivity index (χ2v) is 6.90. The van der Waals surface area contributed by atoms with Gasteiger partial charge in [-0.2, -0.15) is 4.37 Å². The highest BCUT2D eigenvalue weighted by Crippen LogP contribution is 2.17. The van der Waals surface area contributed by atoms with Gasteiger partial charge < -0.3 is 10.4 Å². The number of hydrogen-bond donors (Lipinski definition) is 2. The van der Waals surface area contributed by atoms with Gasteiger partial charge in [-0.05, 0) is 42.4 Å². The first-order valence-corrected chi connectivity index (χ1v) is 9.13. The number of nitrogens with one attached hydrogen (secondary N) is 1. The average molecular weight is 345 g/mol. The predicted molar refractivity (Wildman–Crippen MR) is 95.0 cm³/mol. The molecular formula is C18H23N3O2S. The van der Waals surface area contributed by atoms with Crippen LogP contribution in [0, 0.1) is 6.92 Å². The Kier molecular flexibility index (Phi) is 5.60. The van der Waals surface area contributed by atoms with Crippen LogP contribution in [0.2, 0.25) is 0 Å². The molecule has 0 unspecified atom stereocenters. The summed E-state index contributed by atoms with van der Waals surface area (Å²) in [5.74, 6) is -0.0721. The van der Waals surface area contributed by atoms with E-state index in [4.69, 9.17) is 0 Å². The Labute approximate surface area is 146 Å². The second kappa shape index (κ2) is 7.88. The van der Waals surface area contributed by atoms with E-state index in [0.29, 0.717) is 12.1 Å². The fraction of sp³-hybridized carbons (Fsp3) is 0.444. The molecule has 0 spiro atoms. The molecule has 6 heteroatoms. The number of rotatable bonds is 5. The molecule has 0 atom stereocenters. The summed E-state index contributed by atoms with van der Waals surface area (Å²) in [6.45, 7) is 5.06. The molecule has 128 valence electrons. The first kappa shape index (κ1) is 17.1. The van der Waals surface area contributed by atoms with Gasteiger partial charge in [0, 0.05) is 31.6 Å². The molecule has 2 heterocycles. The summed E-state index contributed by atoms with van der Waals surface area (Å²) in [5.41, 5.74) is 3.80. The largest absolute Gasteiger partial charge is 0.393 e. The van der Waals surface area contributed by atoms with E-state index in [2.05, 4.69) is 26.7 Å². The zero-order chi connectivity index (χ0) is 16.9. The molecule has 0 saturated carbocycles. The summed E-state index contributed by atoms with van der Waals surface area (Å²) < 4.78 is 4.15. The standard InChI is InChI=1S/C18H23N3O2S/c1-13-17(12-24-20-13)18(23)19-10-14-4-2-3-5-15(14)11-21-8-6-16(22)7-9-21/h2-5,12,16,22H,6-11H2,1H3,(H,19,23). The summed E-state index contributed by atoms with van der Waals surface area (Å²) in [4.78, 5) is 14.6. The minimum absolute atomic E-state index is 0.0721. The summed E-state index contributed by atoms with van der Waals surface area (Å²) in [5, 5.41) is 14.4. The third-order valence-electron chi connectivity index (χ3n) is 4.50. The number of aromatic nitrogens is 1. The Morgan fingerprint density at radius 3 is 2.71 bits per heavy atom. The average Bonchev–Trinajstić information content (AvgIpc) is 3.02. The summed E-state index contributed by atoms with van der Waals surface area (Å²) in [6.07, 6.45) is 1.52. The van der Waals surface area contributed by atoms with Crippen molar-refractivity contribution in [2.24, 2.45) is 0 Å². The van der Waals surface area contributed by atoms with Crippen LogP contribution in [0.1, 0.15) is 40.0 Å². The molecule has 1 aromatic carbocycles. The maximum absolute atomic E-state index is 12.3. The highest BCUT2D eigenvalue weighted by atomic mass is 32.1. The molecule has 0 bridgehead atoms. The number of hydrogen-bond acceptors (Lipinski definition) is 5. The zero-order valence-corrected chi connectivity index (χ0v) is 14.7. The van der Waals surface area contributed by atoms with E-state index in [1.54, 1.807) is 5.38 Å². The molecule has 0 aliphatic carbocycles. The van der Waals surface area contributed by atoms with Gasteiger partial charge in [-0.1, -0.05) is 24.3 Å². The fourth-order valence-corrected chi connectivity index (χ4v) is 3.68. The number of aliphatic hydroxyl groups is 1. The van der Waals surface area contributed by atoms with Crippen LogP contribution >= 0.6 is 11.5 Å². The fourth-order valence-electron chi connectivity index (χ4n) is 2.98. The zero-order valence-electron chi connectivity index (χ0n) is 13.9. The summed E-state index contributed by atoms with van der Waals surface area (Å²) in [6, 6.07) is 8.21. The molecule has 24 heavy (non-hydrogen) atoms. The van der Waals surface area contributed by atoms with Crippen molar-refractivity contribution in [3.05, 3.63) is 52.0 Å². The molecule has 3 rings (SSSR count). The Morgan fingerprint density at radius 1 is 1.33 bits per heavy atom. The summed E-state index contributed by atoms with van der Waals surface area (Å²) >= 11 is 1.30. The van der Waals surface area contributed by atoms with Gasteiger partial charge in [0.25, 0.3) is 5.91 Å². The van der Waals surface area contributed by atoms with Crippen LogP contribution in [0.15, 0.2) is 29.6 Å². The van der Waals surface area contributed by atoms with E-state index in [1.165, 1.54) is 17.1 Å². The third kappa shape index (κ3) is 4.20. The normalized spacial score (nSPS) is 16.2. The van der Waals surface area contributed by atoms with Crippen molar-refractivity contribution in [2.45, 2.75) is 39.0 Å². The van der Waals surface area contributed by atoms with Crippen molar-refractivity contribution >= 4 is 17.4 Å². The first-order chi connectivity index (χ1) is 11.6. The molecule has 5 nitrogen and oxygen atoms in total. The van der Waals surface area contributed by atoms with E-state index in [-0.39, 0.29) is 12.0 Å². The molecule has 1 aliphatic rings. The van der Waals surface area contributed by atoms with Gasteiger partial charge in [-0.3, -0.25) is 9.69 Å². The van der Waals surface area contributed by atoms with Gasteiger partial charge in [-0.15, -0.1) is 0 Å². The maximum Gasteiger partial charge on any atom is 0.254 e. The van der Waals surface area contributed by atoms with E-state index in [0.717, 1.165) is 43.7 Å². The van der Waals surface area contributed by atoms with Gasteiger partial charge in [-0.25, -0.2) is 0 Å². The van der Waals surface area contributed by atoms with Crippen LogP contribution in [-0.4, -0.2) is 39.5 Å². The SMILES string of the molecule is Cc1nscc1C(=O)NCc1ccccc1CN1CCC(O)CC1. The van der Waals surface area contributed by atoms with Crippen molar-refractivity contribution < 1.29 is 9.90 Å². The van der Waals surface area contributed by atoms with Gasteiger partial charge >= 0.3 is 0 Å². The number of carbonyl (C=O) groups is 1. The van der Waals surface area contributed by atoms with Crippen molar-refractivity contribution in [1.29, 1.82) is 0 Å². The quantitative estimate of drug-likeness (QED) is 0.873. The molecule has 0 radical (unpaired) electrons. The number of benzene rings is 1. The van der Waals surface area contributed by atoms with Crippen LogP contribution in [0.3, 0.4) is 0 Å². The molecule has 1 saturated heterocycles. The van der Waals surface area contributed by atoms with Gasteiger partial charge in [0.2, 0.25) is 0 Å².